The Labute approximate surface area is 156 Å². The number of halogens is 1. The number of nitrogens with one attached hydrogen (secondary N) is 1. The number of hydrogen-bond acceptors (Lipinski definition) is 5. The summed E-state index contributed by atoms with van der Waals surface area (Å²) in [5.74, 6) is 1.31. The van der Waals surface area contributed by atoms with E-state index in [1.54, 1.807) is 12.1 Å². The molecular formula is C18H19ClN2O3S. The molecule has 0 saturated carbocycles. The summed E-state index contributed by atoms with van der Waals surface area (Å²) in [5, 5.41) is 14.3. The van der Waals surface area contributed by atoms with Gasteiger partial charge in [0.05, 0.1) is 18.6 Å². The zero-order chi connectivity index (χ0) is 18.1. The van der Waals surface area contributed by atoms with Crippen molar-refractivity contribution >= 4 is 35.5 Å². The highest BCUT2D eigenvalue weighted by atomic mass is 35.5. The van der Waals surface area contributed by atoms with Gasteiger partial charge in [-0.05, 0) is 48.4 Å². The average molecular weight is 379 g/mol. The molecule has 0 heterocycles. The minimum Gasteiger partial charge on any atom is -0.504 e. The molecule has 0 spiro atoms. The molecule has 2 N–H and O–H groups in total. The Balaban J connectivity index is 1.76. The van der Waals surface area contributed by atoms with Crippen molar-refractivity contribution in [3.8, 4) is 11.5 Å². The molecular weight excluding hydrogens is 360 g/mol. The van der Waals surface area contributed by atoms with E-state index in [0.717, 1.165) is 16.9 Å². The largest absolute Gasteiger partial charge is 0.504 e. The van der Waals surface area contributed by atoms with Crippen molar-refractivity contribution in [1.82, 2.24) is 5.43 Å². The molecule has 0 aliphatic heterocycles. The molecule has 0 aliphatic carbocycles. The highest BCUT2D eigenvalue weighted by molar-refractivity contribution is 7.99. The Morgan fingerprint density at radius 3 is 2.80 bits per heavy atom. The smallest absolute Gasteiger partial charge is 0.250 e. The molecule has 0 atom stereocenters. The monoisotopic (exact) mass is 378 g/mol. The van der Waals surface area contributed by atoms with Gasteiger partial charge in [-0.3, -0.25) is 4.79 Å². The number of rotatable bonds is 8. The second-order valence-corrected chi connectivity index (χ2v) is 6.49. The normalized spacial score (nSPS) is 10.8. The maximum atomic E-state index is 11.8. The maximum Gasteiger partial charge on any atom is 0.250 e. The first kappa shape index (κ1) is 19.1. The highest BCUT2D eigenvalue weighted by Gasteiger charge is 2.03. The first-order chi connectivity index (χ1) is 12.1. The van der Waals surface area contributed by atoms with Gasteiger partial charge in [-0.25, -0.2) is 5.43 Å². The zero-order valence-electron chi connectivity index (χ0n) is 13.7. The van der Waals surface area contributed by atoms with Crippen molar-refractivity contribution < 1.29 is 14.6 Å². The molecule has 25 heavy (non-hydrogen) atoms. The van der Waals surface area contributed by atoms with Gasteiger partial charge in [-0.1, -0.05) is 23.7 Å². The van der Waals surface area contributed by atoms with Gasteiger partial charge in [0.1, 0.15) is 0 Å². The van der Waals surface area contributed by atoms with E-state index in [9.17, 15) is 9.90 Å². The van der Waals surface area contributed by atoms with E-state index in [2.05, 4.69) is 10.5 Å². The van der Waals surface area contributed by atoms with E-state index in [-0.39, 0.29) is 11.7 Å². The number of phenols is 1. The van der Waals surface area contributed by atoms with Gasteiger partial charge in [0, 0.05) is 10.8 Å². The molecule has 0 aromatic heterocycles. The molecule has 5 nitrogen and oxygen atoms in total. The van der Waals surface area contributed by atoms with E-state index >= 15 is 0 Å². The first-order valence-electron chi connectivity index (χ1n) is 7.68. The average Bonchev–Trinajstić information content (AvgIpc) is 2.60. The van der Waals surface area contributed by atoms with Crippen LogP contribution in [0.2, 0.25) is 5.02 Å². The van der Waals surface area contributed by atoms with Crippen LogP contribution < -0.4 is 10.2 Å². The Hall–Kier alpha value is -2.18. The lowest BCUT2D eigenvalue weighted by Gasteiger charge is -2.06. The molecule has 0 saturated heterocycles. The summed E-state index contributed by atoms with van der Waals surface area (Å²) < 4.78 is 5.30. The zero-order valence-corrected chi connectivity index (χ0v) is 15.3. The molecule has 1 amide bonds. The number of aromatic hydroxyl groups is 1. The molecule has 0 unspecified atom stereocenters. The van der Waals surface area contributed by atoms with Crippen molar-refractivity contribution in [1.29, 1.82) is 0 Å². The third-order valence-electron chi connectivity index (χ3n) is 3.10. The lowest BCUT2D eigenvalue weighted by atomic mass is 10.2. The van der Waals surface area contributed by atoms with Crippen molar-refractivity contribution in [3.63, 3.8) is 0 Å². The van der Waals surface area contributed by atoms with E-state index in [4.69, 9.17) is 16.3 Å². The molecule has 2 rings (SSSR count). The van der Waals surface area contributed by atoms with Crippen molar-refractivity contribution in [2.75, 3.05) is 12.4 Å². The van der Waals surface area contributed by atoms with Gasteiger partial charge in [0.2, 0.25) is 5.91 Å². The molecule has 0 fully saturated rings. The van der Waals surface area contributed by atoms with E-state index < -0.39 is 0 Å². The number of hydrogen-bond donors (Lipinski definition) is 2. The van der Waals surface area contributed by atoms with Crippen LogP contribution in [0.15, 0.2) is 47.6 Å². The topological polar surface area (TPSA) is 70.9 Å². The predicted octanol–water partition coefficient (Wildman–Crippen LogP) is 3.83. The Kier molecular flexibility index (Phi) is 7.63. The number of thioether (sulfide) groups is 1. The Bertz CT molecular complexity index is 736. The van der Waals surface area contributed by atoms with Crippen LogP contribution >= 0.6 is 23.4 Å². The second-order valence-electron chi connectivity index (χ2n) is 5.07. The van der Waals surface area contributed by atoms with Crippen molar-refractivity contribution in [2.24, 2.45) is 5.10 Å². The van der Waals surface area contributed by atoms with Gasteiger partial charge in [0.15, 0.2) is 11.5 Å². The Morgan fingerprint density at radius 1 is 1.32 bits per heavy atom. The summed E-state index contributed by atoms with van der Waals surface area (Å²) in [7, 11) is 0. The van der Waals surface area contributed by atoms with Crippen LogP contribution in [0.4, 0.5) is 0 Å². The third-order valence-corrected chi connectivity index (χ3v) is 4.36. The number of nitrogens with zero attached hydrogens (tertiary/aromatic N) is 1. The van der Waals surface area contributed by atoms with Crippen molar-refractivity contribution in [2.45, 2.75) is 12.7 Å². The fourth-order valence-corrected chi connectivity index (χ4v) is 2.84. The molecule has 0 bridgehead atoms. The molecule has 2 aromatic rings. The number of amides is 1. The number of carbonyl (C=O) groups excluding carboxylic acids is 1. The fraction of sp³-hybridized carbons (Fsp3) is 0.222. The first-order valence-corrected chi connectivity index (χ1v) is 9.21. The van der Waals surface area contributed by atoms with Crippen LogP contribution in [0.5, 0.6) is 11.5 Å². The summed E-state index contributed by atoms with van der Waals surface area (Å²) in [4.78, 5) is 11.8. The van der Waals surface area contributed by atoms with E-state index in [1.807, 2.05) is 31.2 Å². The lowest BCUT2D eigenvalue weighted by Crippen LogP contribution is -2.19. The quantitative estimate of drug-likeness (QED) is 0.541. The van der Waals surface area contributed by atoms with E-state index in [1.165, 1.54) is 24.0 Å². The standard InChI is InChI=1S/C18H19ClN2O3S/c1-2-24-17-9-14(5-8-16(17)22)10-20-21-18(23)12-25-11-13-3-6-15(19)7-4-13/h3-10,22H,2,11-12H2,1H3,(H,21,23)/b20-10-. The molecule has 0 radical (unpaired) electrons. The van der Waals surface area contributed by atoms with Crippen LogP contribution in [0.25, 0.3) is 0 Å². The summed E-state index contributed by atoms with van der Waals surface area (Å²) in [6.45, 7) is 2.29. The summed E-state index contributed by atoms with van der Waals surface area (Å²) >= 11 is 7.33. The van der Waals surface area contributed by atoms with Crippen molar-refractivity contribution in [3.05, 3.63) is 58.6 Å². The number of benzene rings is 2. The SMILES string of the molecule is CCOc1cc(/C=N\NC(=O)CSCc2ccc(Cl)cc2)ccc1O. The third kappa shape index (κ3) is 6.68. The van der Waals surface area contributed by atoms with Gasteiger partial charge in [-0.2, -0.15) is 5.10 Å². The molecule has 2 aromatic carbocycles. The minimum atomic E-state index is -0.181. The Morgan fingerprint density at radius 2 is 2.08 bits per heavy atom. The molecule has 132 valence electrons. The highest BCUT2D eigenvalue weighted by Crippen LogP contribution is 2.26. The maximum absolute atomic E-state index is 11.8. The summed E-state index contributed by atoms with van der Waals surface area (Å²) in [6.07, 6.45) is 1.50. The van der Waals surface area contributed by atoms with Gasteiger partial charge >= 0.3 is 0 Å². The number of phenolic OH excluding ortho intramolecular Hbond substituents is 1. The number of hydrazone groups is 1. The van der Waals surface area contributed by atoms with Crippen LogP contribution in [0.3, 0.4) is 0 Å². The van der Waals surface area contributed by atoms with Gasteiger partial charge in [0.25, 0.3) is 0 Å². The molecule has 0 aliphatic rings. The fourth-order valence-electron chi connectivity index (χ4n) is 1.94. The number of carbonyl (C=O) groups is 1. The van der Waals surface area contributed by atoms with E-state index in [0.29, 0.717) is 23.1 Å². The molecule has 7 heteroatoms. The number of ether oxygens (including phenoxy) is 1. The lowest BCUT2D eigenvalue weighted by molar-refractivity contribution is -0.118. The van der Waals surface area contributed by atoms with Crippen LogP contribution in [0.1, 0.15) is 18.1 Å². The minimum absolute atomic E-state index is 0.0710. The van der Waals surface area contributed by atoms with Crippen LogP contribution in [0, 0.1) is 0 Å². The van der Waals surface area contributed by atoms with Crippen LogP contribution in [-0.2, 0) is 10.5 Å². The summed E-state index contributed by atoms with van der Waals surface area (Å²) in [5.41, 5.74) is 4.31. The summed E-state index contributed by atoms with van der Waals surface area (Å²) in [6, 6.07) is 12.4. The van der Waals surface area contributed by atoms with Gasteiger partial charge < -0.3 is 9.84 Å². The van der Waals surface area contributed by atoms with Crippen LogP contribution in [-0.4, -0.2) is 29.6 Å². The predicted molar refractivity (Wildman–Crippen MR) is 103 cm³/mol. The van der Waals surface area contributed by atoms with Gasteiger partial charge in [-0.15, -0.1) is 11.8 Å². The second kappa shape index (κ2) is 9.96.